The van der Waals surface area contributed by atoms with Crippen LogP contribution in [0.15, 0.2) is 24.3 Å². The second-order valence-corrected chi connectivity index (χ2v) is 6.03. The zero-order valence-corrected chi connectivity index (χ0v) is 12.9. The predicted octanol–water partition coefficient (Wildman–Crippen LogP) is 2.54. The topological polar surface area (TPSA) is 60.9 Å². The van der Waals surface area contributed by atoms with Gasteiger partial charge in [0.05, 0.1) is 5.92 Å². The Kier molecular flexibility index (Phi) is 4.73. The Balaban J connectivity index is 1.97. The fourth-order valence-corrected chi connectivity index (χ4v) is 2.74. The van der Waals surface area contributed by atoms with Crippen molar-refractivity contribution in [2.45, 2.75) is 13.5 Å². The van der Waals surface area contributed by atoms with E-state index in [9.17, 15) is 9.59 Å². The third-order valence-corrected chi connectivity index (χ3v) is 4.11. The lowest BCUT2D eigenvalue weighted by atomic mass is 9.99. The van der Waals surface area contributed by atoms with Crippen LogP contribution in [0.5, 0.6) is 0 Å². The van der Waals surface area contributed by atoms with Crippen LogP contribution < -0.4 is 0 Å². The van der Waals surface area contributed by atoms with Crippen LogP contribution in [0.2, 0.25) is 5.02 Å². The summed E-state index contributed by atoms with van der Waals surface area (Å²) >= 11 is 5.83. The van der Waals surface area contributed by atoms with Crippen LogP contribution >= 0.6 is 11.6 Å². The number of urea groups is 1. The summed E-state index contributed by atoms with van der Waals surface area (Å²) in [6, 6.07) is 7.18. The predicted molar refractivity (Wildman–Crippen MR) is 80.2 cm³/mol. The molecule has 114 valence electrons. The standard InChI is InChI=1S/C15H19ClN2O3/c1-10-7-18(9-13(10)14(19)20)15(21)17(2)8-11-3-5-12(16)6-4-11/h3-6,10,13H,7-9H2,1-2H3,(H,19,20). The molecule has 0 radical (unpaired) electrons. The fourth-order valence-electron chi connectivity index (χ4n) is 2.62. The van der Waals surface area contributed by atoms with Crippen LogP contribution in [0.3, 0.4) is 0 Å². The number of halogens is 1. The van der Waals surface area contributed by atoms with E-state index in [0.717, 1.165) is 5.56 Å². The number of hydrogen-bond donors (Lipinski definition) is 1. The molecule has 21 heavy (non-hydrogen) atoms. The number of carbonyl (C=O) groups is 2. The minimum absolute atomic E-state index is 0.0182. The average Bonchev–Trinajstić information content (AvgIpc) is 2.82. The molecular weight excluding hydrogens is 292 g/mol. The first kappa shape index (κ1) is 15.6. The highest BCUT2D eigenvalue weighted by Gasteiger charge is 2.37. The first-order valence-electron chi connectivity index (χ1n) is 6.85. The molecule has 2 atom stereocenters. The molecule has 0 aliphatic carbocycles. The second kappa shape index (κ2) is 6.35. The monoisotopic (exact) mass is 310 g/mol. The number of hydrogen-bond acceptors (Lipinski definition) is 2. The molecule has 6 heteroatoms. The van der Waals surface area contributed by atoms with E-state index in [-0.39, 0.29) is 18.5 Å². The molecule has 1 fully saturated rings. The van der Waals surface area contributed by atoms with Gasteiger partial charge in [-0.25, -0.2) is 4.79 Å². The summed E-state index contributed by atoms with van der Waals surface area (Å²) in [5.74, 6) is -1.33. The van der Waals surface area contributed by atoms with Crippen molar-refractivity contribution in [2.24, 2.45) is 11.8 Å². The van der Waals surface area contributed by atoms with Gasteiger partial charge < -0.3 is 14.9 Å². The van der Waals surface area contributed by atoms with Crippen molar-refractivity contribution in [2.75, 3.05) is 20.1 Å². The van der Waals surface area contributed by atoms with Gasteiger partial charge in [0, 0.05) is 31.7 Å². The number of carbonyl (C=O) groups excluding carboxylic acids is 1. The lowest BCUT2D eigenvalue weighted by Crippen LogP contribution is -2.40. The summed E-state index contributed by atoms with van der Waals surface area (Å²) in [5.41, 5.74) is 0.984. The largest absolute Gasteiger partial charge is 0.481 e. The highest BCUT2D eigenvalue weighted by atomic mass is 35.5. The van der Waals surface area contributed by atoms with Crippen molar-refractivity contribution in [1.29, 1.82) is 0 Å². The van der Waals surface area contributed by atoms with Crippen LogP contribution in [-0.2, 0) is 11.3 Å². The highest BCUT2D eigenvalue weighted by molar-refractivity contribution is 6.30. The summed E-state index contributed by atoms with van der Waals surface area (Å²) in [6.45, 7) is 3.10. The van der Waals surface area contributed by atoms with Gasteiger partial charge in [-0.05, 0) is 23.6 Å². The molecule has 1 heterocycles. The van der Waals surface area contributed by atoms with E-state index in [1.807, 2.05) is 19.1 Å². The SMILES string of the molecule is CC1CN(C(=O)N(C)Cc2ccc(Cl)cc2)CC1C(=O)O. The first-order valence-corrected chi connectivity index (χ1v) is 7.23. The van der Waals surface area contributed by atoms with E-state index in [0.29, 0.717) is 18.1 Å². The van der Waals surface area contributed by atoms with Gasteiger partial charge in [-0.3, -0.25) is 4.79 Å². The number of amides is 2. The summed E-state index contributed by atoms with van der Waals surface area (Å²) in [7, 11) is 1.72. The van der Waals surface area contributed by atoms with Crippen molar-refractivity contribution < 1.29 is 14.7 Å². The molecule has 1 N–H and O–H groups in total. The molecular formula is C15H19ClN2O3. The molecule has 2 rings (SSSR count). The van der Waals surface area contributed by atoms with Crippen molar-refractivity contribution in [3.8, 4) is 0 Å². The van der Waals surface area contributed by atoms with Gasteiger partial charge in [0.15, 0.2) is 0 Å². The number of benzene rings is 1. The average molecular weight is 311 g/mol. The minimum Gasteiger partial charge on any atom is -0.481 e. The molecule has 1 aromatic rings. The van der Waals surface area contributed by atoms with E-state index in [2.05, 4.69) is 0 Å². The van der Waals surface area contributed by atoms with E-state index < -0.39 is 11.9 Å². The second-order valence-electron chi connectivity index (χ2n) is 5.59. The van der Waals surface area contributed by atoms with Crippen molar-refractivity contribution >= 4 is 23.6 Å². The Bertz CT molecular complexity index is 532. The normalized spacial score (nSPS) is 21.4. The molecule has 0 aromatic heterocycles. The van der Waals surface area contributed by atoms with E-state index in [1.165, 1.54) is 0 Å². The summed E-state index contributed by atoms with van der Waals surface area (Å²) in [6.07, 6.45) is 0. The third-order valence-electron chi connectivity index (χ3n) is 3.86. The van der Waals surface area contributed by atoms with Crippen molar-refractivity contribution in [3.63, 3.8) is 0 Å². The Morgan fingerprint density at radius 1 is 1.33 bits per heavy atom. The first-order chi connectivity index (χ1) is 9.88. The molecule has 2 amide bonds. The van der Waals surface area contributed by atoms with Gasteiger partial charge in [-0.15, -0.1) is 0 Å². The van der Waals surface area contributed by atoms with Crippen LogP contribution in [0.25, 0.3) is 0 Å². The number of aliphatic carboxylic acids is 1. The maximum Gasteiger partial charge on any atom is 0.320 e. The van der Waals surface area contributed by atoms with Gasteiger partial charge in [0.1, 0.15) is 0 Å². The number of carboxylic acid groups (broad SMARTS) is 1. The van der Waals surface area contributed by atoms with Crippen LogP contribution in [0.4, 0.5) is 4.79 Å². The quantitative estimate of drug-likeness (QED) is 0.933. The summed E-state index contributed by atoms with van der Waals surface area (Å²) in [4.78, 5) is 26.7. The van der Waals surface area contributed by atoms with Crippen LogP contribution in [0.1, 0.15) is 12.5 Å². The molecule has 0 spiro atoms. The van der Waals surface area contributed by atoms with Crippen molar-refractivity contribution in [3.05, 3.63) is 34.9 Å². The Labute approximate surface area is 129 Å². The zero-order valence-electron chi connectivity index (χ0n) is 12.1. The fraction of sp³-hybridized carbons (Fsp3) is 0.467. The zero-order chi connectivity index (χ0) is 15.6. The van der Waals surface area contributed by atoms with Crippen molar-refractivity contribution in [1.82, 2.24) is 9.80 Å². The van der Waals surface area contributed by atoms with Gasteiger partial charge in [0.2, 0.25) is 0 Å². The Hall–Kier alpha value is -1.75. The molecule has 1 aromatic carbocycles. The minimum atomic E-state index is -0.835. The highest BCUT2D eigenvalue weighted by Crippen LogP contribution is 2.24. The lowest BCUT2D eigenvalue weighted by molar-refractivity contribution is -0.142. The van der Waals surface area contributed by atoms with Gasteiger partial charge in [0.25, 0.3) is 0 Å². The maximum absolute atomic E-state index is 12.4. The van der Waals surface area contributed by atoms with Crippen LogP contribution in [0, 0.1) is 11.8 Å². The third kappa shape index (κ3) is 3.67. The summed E-state index contributed by atoms with van der Waals surface area (Å²) < 4.78 is 0. The molecule has 0 saturated carbocycles. The molecule has 0 bridgehead atoms. The Morgan fingerprint density at radius 3 is 2.48 bits per heavy atom. The number of nitrogens with zero attached hydrogens (tertiary/aromatic N) is 2. The van der Waals surface area contributed by atoms with E-state index in [1.54, 1.807) is 29.0 Å². The summed E-state index contributed by atoms with van der Waals surface area (Å²) in [5, 5.41) is 9.78. The lowest BCUT2D eigenvalue weighted by Gasteiger charge is -2.24. The maximum atomic E-state index is 12.4. The molecule has 1 aliphatic heterocycles. The molecule has 5 nitrogen and oxygen atoms in total. The molecule has 1 aliphatic rings. The van der Waals surface area contributed by atoms with Gasteiger partial charge in [-0.2, -0.15) is 0 Å². The van der Waals surface area contributed by atoms with Crippen LogP contribution in [-0.4, -0.2) is 47.0 Å². The van der Waals surface area contributed by atoms with Gasteiger partial charge >= 0.3 is 12.0 Å². The molecule has 2 unspecified atom stereocenters. The number of carboxylic acids is 1. The number of likely N-dealkylation sites (tertiary alicyclic amines) is 1. The Morgan fingerprint density at radius 2 is 1.95 bits per heavy atom. The molecule has 1 saturated heterocycles. The van der Waals surface area contributed by atoms with Gasteiger partial charge in [-0.1, -0.05) is 30.7 Å². The smallest absolute Gasteiger partial charge is 0.320 e. The van der Waals surface area contributed by atoms with E-state index in [4.69, 9.17) is 16.7 Å². The van der Waals surface area contributed by atoms with E-state index >= 15 is 0 Å². The number of rotatable bonds is 3.